The molecule has 22 heavy (non-hydrogen) atoms. The van der Waals surface area contributed by atoms with Gasteiger partial charge in [-0.1, -0.05) is 48.5 Å². The van der Waals surface area contributed by atoms with Crippen LogP contribution in [-0.2, 0) is 16.1 Å². The average Bonchev–Trinajstić information content (AvgIpc) is 2.55. The summed E-state index contributed by atoms with van der Waals surface area (Å²) in [7, 11) is 0. The Bertz CT molecular complexity index is 614. The molecule has 0 spiro atoms. The van der Waals surface area contributed by atoms with E-state index in [9.17, 15) is 9.59 Å². The lowest BCUT2D eigenvalue weighted by molar-refractivity contribution is -0.143. The fraction of sp³-hybridized carbons (Fsp3) is 0.176. The summed E-state index contributed by atoms with van der Waals surface area (Å²) >= 11 is 0. The maximum atomic E-state index is 12.2. The zero-order chi connectivity index (χ0) is 15.8. The summed E-state index contributed by atoms with van der Waals surface area (Å²) in [6.45, 7) is 0.190. The molecule has 0 heterocycles. The van der Waals surface area contributed by atoms with E-state index in [1.54, 1.807) is 24.3 Å². The summed E-state index contributed by atoms with van der Waals surface area (Å²) in [6, 6.07) is 18.1. The van der Waals surface area contributed by atoms with Gasteiger partial charge < -0.3 is 15.3 Å². The van der Waals surface area contributed by atoms with Gasteiger partial charge in [0.25, 0.3) is 0 Å². The molecule has 0 atom stereocenters. The average molecular weight is 298 g/mol. The minimum atomic E-state index is -0.712. The second-order valence-corrected chi connectivity index (χ2v) is 4.76. The summed E-state index contributed by atoms with van der Waals surface area (Å²) in [5.74, 6) is -1.38. The van der Waals surface area contributed by atoms with Gasteiger partial charge in [-0.05, 0) is 17.7 Å². The molecular formula is C17H18N2O3. The van der Waals surface area contributed by atoms with Crippen LogP contribution in [0.4, 0.5) is 5.69 Å². The van der Waals surface area contributed by atoms with Gasteiger partial charge in [0.1, 0.15) is 0 Å². The molecule has 5 heteroatoms. The van der Waals surface area contributed by atoms with E-state index in [1.807, 2.05) is 36.4 Å². The van der Waals surface area contributed by atoms with E-state index in [0.717, 1.165) is 5.56 Å². The fourth-order valence-electron chi connectivity index (χ4n) is 2.03. The van der Waals surface area contributed by atoms with Gasteiger partial charge in [0.2, 0.25) is 0 Å². The van der Waals surface area contributed by atoms with Gasteiger partial charge in [-0.25, -0.2) is 0 Å². The zero-order valence-electron chi connectivity index (χ0n) is 12.1. The molecule has 2 rings (SSSR count). The standard InChI is InChI=1S/C17H18N2O3/c20-12-11-19(13-14-7-3-1-4-8-14)17(22)16(21)18-15-9-5-2-6-10-15/h1-10,20H,11-13H2,(H,18,21). The van der Waals surface area contributed by atoms with Gasteiger partial charge in [-0.2, -0.15) is 0 Å². The van der Waals surface area contributed by atoms with Crippen molar-refractivity contribution in [3.8, 4) is 0 Å². The summed E-state index contributed by atoms with van der Waals surface area (Å²) < 4.78 is 0. The Morgan fingerprint density at radius 1 is 0.955 bits per heavy atom. The third-order valence-electron chi connectivity index (χ3n) is 3.10. The van der Waals surface area contributed by atoms with Gasteiger partial charge in [-0.3, -0.25) is 9.59 Å². The van der Waals surface area contributed by atoms with E-state index in [-0.39, 0.29) is 19.7 Å². The number of rotatable bonds is 5. The Morgan fingerprint density at radius 2 is 1.55 bits per heavy atom. The summed E-state index contributed by atoms with van der Waals surface area (Å²) in [6.07, 6.45) is 0. The molecule has 2 aromatic rings. The number of anilines is 1. The van der Waals surface area contributed by atoms with Crippen molar-refractivity contribution >= 4 is 17.5 Å². The van der Waals surface area contributed by atoms with Gasteiger partial charge >= 0.3 is 11.8 Å². The molecule has 0 saturated carbocycles. The molecule has 0 bridgehead atoms. The molecular weight excluding hydrogens is 280 g/mol. The minimum Gasteiger partial charge on any atom is -0.395 e. The Labute approximate surface area is 129 Å². The third-order valence-corrected chi connectivity index (χ3v) is 3.10. The van der Waals surface area contributed by atoms with E-state index in [0.29, 0.717) is 5.69 Å². The monoisotopic (exact) mass is 298 g/mol. The SMILES string of the molecule is O=C(Nc1ccccc1)C(=O)N(CCO)Cc1ccccc1. The first-order chi connectivity index (χ1) is 10.7. The van der Waals surface area contributed by atoms with Crippen LogP contribution < -0.4 is 5.32 Å². The number of hydrogen-bond acceptors (Lipinski definition) is 3. The number of aliphatic hydroxyl groups is 1. The molecule has 2 N–H and O–H groups in total. The van der Waals surface area contributed by atoms with Crippen molar-refractivity contribution < 1.29 is 14.7 Å². The summed E-state index contributed by atoms with van der Waals surface area (Å²) in [4.78, 5) is 25.6. The van der Waals surface area contributed by atoms with E-state index >= 15 is 0 Å². The number of benzene rings is 2. The Kier molecular flexibility index (Phi) is 5.68. The van der Waals surface area contributed by atoms with Crippen molar-refractivity contribution in [3.63, 3.8) is 0 Å². The Hall–Kier alpha value is -2.66. The van der Waals surface area contributed by atoms with E-state index < -0.39 is 11.8 Å². The van der Waals surface area contributed by atoms with Crippen LogP contribution in [0.15, 0.2) is 60.7 Å². The van der Waals surface area contributed by atoms with Crippen LogP contribution in [0.5, 0.6) is 0 Å². The number of nitrogens with zero attached hydrogens (tertiary/aromatic N) is 1. The number of nitrogens with one attached hydrogen (secondary N) is 1. The molecule has 2 aromatic carbocycles. The molecule has 0 aliphatic rings. The van der Waals surface area contributed by atoms with E-state index in [4.69, 9.17) is 5.11 Å². The summed E-state index contributed by atoms with van der Waals surface area (Å²) in [5, 5.41) is 11.7. The molecule has 2 amide bonds. The second-order valence-electron chi connectivity index (χ2n) is 4.76. The van der Waals surface area contributed by atoms with Crippen molar-refractivity contribution in [1.29, 1.82) is 0 Å². The first-order valence-corrected chi connectivity index (χ1v) is 7.01. The van der Waals surface area contributed by atoms with Crippen LogP contribution >= 0.6 is 0 Å². The van der Waals surface area contributed by atoms with Crippen LogP contribution in [0.3, 0.4) is 0 Å². The first kappa shape index (κ1) is 15.7. The van der Waals surface area contributed by atoms with Crippen LogP contribution in [0.25, 0.3) is 0 Å². The molecule has 114 valence electrons. The fourth-order valence-corrected chi connectivity index (χ4v) is 2.03. The van der Waals surface area contributed by atoms with E-state index in [2.05, 4.69) is 5.32 Å². The largest absolute Gasteiger partial charge is 0.395 e. The Balaban J connectivity index is 2.04. The first-order valence-electron chi connectivity index (χ1n) is 7.01. The number of hydrogen-bond donors (Lipinski definition) is 2. The highest BCUT2D eigenvalue weighted by molar-refractivity contribution is 6.39. The maximum absolute atomic E-state index is 12.2. The molecule has 0 aromatic heterocycles. The molecule has 0 radical (unpaired) electrons. The van der Waals surface area contributed by atoms with Crippen molar-refractivity contribution in [3.05, 3.63) is 66.2 Å². The molecule has 5 nitrogen and oxygen atoms in total. The van der Waals surface area contributed by atoms with Gasteiger partial charge in [-0.15, -0.1) is 0 Å². The number of carbonyl (C=O) groups is 2. The predicted molar refractivity (Wildman–Crippen MR) is 84.0 cm³/mol. The third kappa shape index (κ3) is 4.43. The van der Waals surface area contributed by atoms with Gasteiger partial charge in [0, 0.05) is 18.8 Å². The highest BCUT2D eigenvalue weighted by Gasteiger charge is 2.21. The van der Waals surface area contributed by atoms with Crippen molar-refractivity contribution in [2.75, 3.05) is 18.5 Å². The normalized spacial score (nSPS) is 10.0. The van der Waals surface area contributed by atoms with Crippen LogP contribution in [-0.4, -0.2) is 35.0 Å². The highest BCUT2D eigenvalue weighted by Crippen LogP contribution is 2.08. The zero-order valence-corrected chi connectivity index (χ0v) is 12.1. The van der Waals surface area contributed by atoms with Crippen LogP contribution in [0.1, 0.15) is 5.56 Å². The Morgan fingerprint density at radius 3 is 2.14 bits per heavy atom. The van der Waals surface area contributed by atoms with Crippen molar-refractivity contribution in [2.24, 2.45) is 0 Å². The predicted octanol–water partition coefficient (Wildman–Crippen LogP) is 1.65. The van der Waals surface area contributed by atoms with Crippen molar-refractivity contribution in [1.82, 2.24) is 4.90 Å². The summed E-state index contributed by atoms with van der Waals surface area (Å²) in [5.41, 5.74) is 1.46. The van der Waals surface area contributed by atoms with Crippen LogP contribution in [0, 0.1) is 0 Å². The maximum Gasteiger partial charge on any atom is 0.313 e. The number of para-hydroxylation sites is 1. The second kappa shape index (κ2) is 7.95. The number of aliphatic hydroxyl groups excluding tert-OH is 1. The molecule has 0 fully saturated rings. The van der Waals surface area contributed by atoms with Gasteiger partial charge in [0.15, 0.2) is 0 Å². The number of amides is 2. The topological polar surface area (TPSA) is 69.6 Å². The van der Waals surface area contributed by atoms with Gasteiger partial charge in [0.05, 0.1) is 6.61 Å². The molecule has 0 unspecified atom stereocenters. The smallest absolute Gasteiger partial charge is 0.313 e. The van der Waals surface area contributed by atoms with Crippen molar-refractivity contribution in [2.45, 2.75) is 6.54 Å². The van der Waals surface area contributed by atoms with E-state index in [1.165, 1.54) is 4.90 Å². The van der Waals surface area contributed by atoms with Crippen LogP contribution in [0.2, 0.25) is 0 Å². The lowest BCUT2D eigenvalue weighted by atomic mass is 10.2. The minimum absolute atomic E-state index is 0.107. The molecule has 0 aliphatic heterocycles. The lowest BCUT2D eigenvalue weighted by Crippen LogP contribution is -2.40. The highest BCUT2D eigenvalue weighted by atomic mass is 16.3. The quantitative estimate of drug-likeness (QED) is 0.825. The molecule has 0 aliphatic carbocycles. The number of carbonyl (C=O) groups excluding carboxylic acids is 2. The molecule has 0 saturated heterocycles. The lowest BCUT2D eigenvalue weighted by Gasteiger charge is -2.21.